The number of amides is 1. The largest absolute Gasteiger partial charge is 0.371 e. The lowest BCUT2D eigenvalue weighted by molar-refractivity contribution is 0.0669. The normalized spacial score (nSPS) is 17.2. The molecule has 0 radical (unpaired) electrons. The van der Waals surface area contributed by atoms with Crippen LogP contribution in [0.25, 0.3) is 0 Å². The topological polar surface area (TPSA) is 71.3 Å². The van der Waals surface area contributed by atoms with Crippen LogP contribution in [0.2, 0.25) is 0 Å². The van der Waals surface area contributed by atoms with Crippen LogP contribution in [-0.4, -0.2) is 51.8 Å². The molecule has 2 aromatic rings. The Balaban J connectivity index is 1.78. The number of hydrogen-bond acceptors (Lipinski definition) is 5. The molecule has 1 atom stereocenters. The molecule has 0 saturated carbocycles. The second-order valence-corrected chi connectivity index (χ2v) is 7.50. The van der Waals surface area contributed by atoms with Gasteiger partial charge in [0.05, 0.1) is 23.5 Å². The van der Waals surface area contributed by atoms with Crippen molar-refractivity contribution in [2.24, 2.45) is 0 Å². The zero-order chi connectivity index (χ0) is 19.6. The number of pyridine rings is 1. The van der Waals surface area contributed by atoms with Crippen molar-refractivity contribution in [2.45, 2.75) is 45.7 Å². The molecule has 1 unspecified atom stereocenters. The highest BCUT2D eigenvalue weighted by Crippen LogP contribution is 2.22. The van der Waals surface area contributed by atoms with E-state index in [4.69, 9.17) is 0 Å². The maximum absolute atomic E-state index is 12.8. The van der Waals surface area contributed by atoms with Crippen molar-refractivity contribution < 1.29 is 4.79 Å². The van der Waals surface area contributed by atoms with Crippen LogP contribution in [0, 0.1) is 6.92 Å². The summed E-state index contributed by atoms with van der Waals surface area (Å²) in [5, 5.41) is 4.40. The monoisotopic (exact) mass is 369 g/mol. The lowest BCUT2D eigenvalue weighted by atomic mass is 10.0. The number of aromatic nitrogens is 3. The van der Waals surface area contributed by atoms with Gasteiger partial charge in [-0.15, -0.1) is 0 Å². The van der Waals surface area contributed by atoms with Gasteiger partial charge in [0.15, 0.2) is 0 Å². The van der Waals surface area contributed by atoms with E-state index in [0.717, 1.165) is 24.1 Å². The Bertz CT molecular complexity index is 877. The van der Waals surface area contributed by atoms with Crippen LogP contribution >= 0.6 is 0 Å². The number of aryl methyl sites for hydroxylation is 1. The molecule has 3 rings (SSSR count). The summed E-state index contributed by atoms with van der Waals surface area (Å²) in [6, 6.07) is 3.65. The van der Waals surface area contributed by atoms with E-state index in [0.29, 0.717) is 18.7 Å². The van der Waals surface area contributed by atoms with Gasteiger partial charge in [-0.05, 0) is 45.2 Å². The van der Waals surface area contributed by atoms with Crippen molar-refractivity contribution in [3.8, 4) is 0 Å². The maximum atomic E-state index is 12.8. The van der Waals surface area contributed by atoms with Crippen molar-refractivity contribution >= 4 is 11.6 Å². The minimum Gasteiger partial charge on any atom is -0.371 e. The van der Waals surface area contributed by atoms with Crippen LogP contribution in [0.1, 0.15) is 48.7 Å². The highest BCUT2D eigenvalue weighted by molar-refractivity contribution is 5.94. The molecule has 27 heavy (non-hydrogen) atoms. The summed E-state index contributed by atoms with van der Waals surface area (Å²) < 4.78 is 1.52. The Labute approximate surface area is 159 Å². The third kappa shape index (κ3) is 4.18. The van der Waals surface area contributed by atoms with Gasteiger partial charge in [0.1, 0.15) is 0 Å². The lowest BCUT2D eigenvalue weighted by Gasteiger charge is -2.33. The number of nitrogens with zero attached hydrogens (tertiary/aromatic N) is 5. The fourth-order valence-electron chi connectivity index (χ4n) is 3.37. The van der Waals surface area contributed by atoms with Crippen LogP contribution in [0.5, 0.6) is 0 Å². The molecule has 1 fully saturated rings. The third-order valence-corrected chi connectivity index (χ3v) is 5.14. The zero-order valence-corrected chi connectivity index (χ0v) is 16.4. The molecular weight excluding hydrogens is 342 g/mol. The summed E-state index contributed by atoms with van der Waals surface area (Å²) in [6.45, 7) is 7.22. The van der Waals surface area contributed by atoms with Gasteiger partial charge in [-0.1, -0.05) is 0 Å². The summed E-state index contributed by atoms with van der Waals surface area (Å²) in [5.74, 6) is -0.0416. The summed E-state index contributed by atoms with van der Waals surface area (Å²) in [5.41, 5.74) is 2.22. The van der Waals surface area contributed by atoms with Crippen LogP contribution in [0.15, 0.2) is 35.5 Å². The fourth-order valence-corrected chi connectivity index (χ4v) is 3.37. The molecule has 0 spiro atoms. The van der Waals surface area contributed by atoms with Crippen molar-refractivity contribution in [3.05, 3.63) is 52.2 Å². The van der Waals surface area contributed by atoms with E-state index in [1.807, 2.05) is 24.9 Å². The van der Waals surface area contributed by atoms with Gasteiger partial charge in [0, 0.05) is 44.6 Å². The number of piperidine rings is 1. The highest BCUT2D eigenvalue weighted by Gasteiger charge is 2.27. The molecule has 0 bridgehead atoms. The average molecular weight is 369 g/mol. The molecule has 1 saturated heterocycles. The van der Waals surface area contributed by atoms with Crippen LogP contribution in [-0.2, 0) is 0 Å². The van der Waals surface area contributed by atoms with E-state index in [1.165, 1.54) is 4.68 Å². The van der Waals surface area contributed by atoms with Gasteiger partial charge in [-0.3, -0.25) is 14.6 Å². The second kappa shape index (κ2) is 7.90. The van der Waals surface area contributed by atoms with Gasteiger partial charge in [0.2, 0.25) is 0 Å². The molecule has 0 aliphatic carbocycles. The van der Waals surface area contributed by atoms with Gasteiger partial charge < -0.3 is 9.80 Å². The number of rotatable bonds is 4. The van der Waals surface area contributed by atoms with Gasteiger partial charge >= 0.3 is 0 Å². The molecule has 0 aromatic carbocycles. The van der Waals surface area contributed by atoms with Crippen molar-refractivity contribution in [1.82, 2.24) is 19.7 Å². The molecule has 7 heteroatoms. The smallest absolute Gasteiger partial charge is 0.269 e. The molecule has 1 amide bonds. The van der Waals surface area contributed by atoms with Gasteiger partial charge in [-0.25, -0.2) is 4.68 Å². The Hall–Kier alpha value is -2.70. The predicted molar refractivity (Wildman–Crippen MR) is 105 cm³/mol. The number of likely N-dealkylation sites (tertiary alicyclic amines) is 1. The van der Waals surface area contributed by atoms with E-state index < -0.39 is 0 Å². The van der Waals surface area contributed by atoms with E-state index >= 15 is 0 Å². The first-order valence-electron chi connectivity index (χ1n) is 9.39. The Morgan fingerprint density at radius 1 is 1.26 bits per heavy atom. The Kier molecular flexibility index (Phi) is 5.58. The molecule has 0 N–H and O–H groups in total. The maximum Gasteiger partial charge on any atom is 0.269 e. The SMILES string of the molecule is Cc1cncc(C(=O)N2CCCC(n3ncc(N(C)C(C)C)cc3=O)C2)c1. The number of hydrogen-bond donors (Lipinski definition) is 0. The first-order chi connectivity index (χ1) is 12.9. The van der Waals surface area contributed by atoms with Crippen LogP contribution in [0.3, 0.4) is 0 Å². The summed E-state index contributed by atoms with van der Waals surface area (Å²) in [7, 11) is 1.95. The molecule has 3 heterocycles. The molecule has 7 nitrogen and oxygen atoms in total. The van der Waals surface area contributed by atoms with E-state index in [1.54, 1.807) is 29.6 Å². The minimum atomic E-state index is -0.128. The van der Waals surface area contributed by atoms with Crippen molar-refractivity contribution in [1.29, 1.82) is 0 Å². The van der Waals surface area contributed by atoms with Crippen LogP contribution in [0.4, 0.5) is 5.69 Å². The fraction of sp³-hybridized carbons (Fsp3) is 0.500. The summed E-state index contributed by atoms with van der Waals surface area (Å²) >= 11 is 0. The van der Waals surface area contributed by atoms with Crippen molar-refractivity contribution in [3.63, 3.8) is 0 Å². The Morgan fingerprint density at radius 2 is 2.04 bits per heavy atom. The number of anilines is 1. The standard InChI is InChI=1S/C20H27N5O2/c1-14(2)23(4)18-9-19(26)25(22-12-18)17-6-5-7-24(13-17)20(27)16-8-15(3)10-21-11-16/h8-12,14,17H,5-7,13H2,1-4H3. The van der Waals surface area contributed by atoms with E-state index in [9.17, 15) is 9.59 Å². The summed E-state index contributed by atoms with van der Waals surface area (Å²) in [6.07, 6.45) is 6.74. The van der Waals surface area contributed by atoms with E-state index in [2.05, 4.69) is 23.9 Å². The Morgan fingerprint density at radius 3 is 2.70 bits per heavy atom. The quantitative estimate of drug-likeness (QED) is 0.827. The first kappa shape index (κ1) is 19.1. The highest BCUT2D eigenvalue weighted by atomic mass is 16.2. The molecule has 1 aliphatic rings. The third-order valence-electron chi connectivity index (χ3n) is 5.14. The first-order valence-corrected chi connectivity index (χ1v) is 9.39. The number of carbonyl (C=O) groups is 1. The van der Waals surface area contributed by atoms with Crippen molar-refractivity contribution in [2.75, 3.05) is 25.0 Å². The molecular formula is C20H27N5O2. The van der Waals surface area contributed by atoms with Crippen LogP contribution < -0.4 is 10.5 Å². The molecule has 144 valence electrons. The minimum absolute atomic E-state index is 0.0416. The number of carbonyl (C=O) groups excluding carboxylic acids is 1. The zero-order valence-electron chi connectivity index (χ0n) is 16.4. The lowest BCUT2D eigenvalue weighted by Crippen LogP contribution is -2.43. The predicted octanol–water partition coefficient (Wildman–Crippen LogP) is 2.27. The second-order valence-electron chi connectivity index (χ2n) is 7.50. The van der Waals surface area contributed by atoms with Gasteiger partial charge in [0.25, 0.3) is 11.5 Å². The summed E-state index contributed by atoms with van der Waals surface area (Å²) in [4.78, 5) is 33.3. The molecule has 1 aliphatic heterocycles. The average Bonchev–Trinajstić information content (AvgIpc) is 2.66. The molecule has 2 aromatic heterocycles. The van der Waals surface area contributed by atoms with Gasteiger partial charge in [-0.2, -0.15) is 5.10 Å². The van der Waals surface area contributed by atoms with E-state index in [-0.39, 0.29) is 23.6 Å².